The smallest absolute Gasteiger partial charge is 0.183 e. The van der Waals surface area contributed by atoms with E-state index in [4.69, 9.17) is 14.2 Å². The lowest BCUT2D eigenvalue weighted by atomic mass is 9.80. The van der Waals surface area contributed by atoms with Crippen LogP contribution in [0.5, 0.6) is 5.75 Å². The van der Waals surface area contributed by atoms with Crippen molar-refractivity contribution in [3.8, 4) is 5.75 Å². The summed E-state index contributed by atoms with van der Waals surface area (Å²) in [5, 5.41) is 0. The number of rotatable bonds is 7. The first-order valence-electron chi connectivity index (χ1n) is 10.4. The molecule has 1 aromatic rings. The summed E-state index contributed by atoms with van der Waals surface area (Å²) in [6.07, 6.45) is 12.5. The second kappa shape index (κ2) is 10.1. The molecule has 1 saturated heterocycles. The van der Waals surface area contributed by atoms with Gasteiger partial charge in [0.2, 0.25) is 0 Å². The molecule has 0 radical (unpaired) electrons. The molecule has 2 aliphatic rings. The molecule has 1 aliphatic carbocycles. The van der Waals surface area contributed by atoms with Gasteiger partial charge in [-0.05, 0) is 49.7 Å². The van der Waals surface area contributed by atoms with Gasteiger partial charge in [-0.1, -0.05) is 51.0 Å². The molecule has 0 N–H and O–H groups in total. The average molecular weight is 359 g/mol. The zero-order valence-corrected chi connectivity index (χ0v) is 16.4. The summed E-state index contributed by atoms with van der Waals surface area (Å²) in [7, 11) is 0. The van der Waals surface area contributed by atoms with Crippen LogP contribution in [0.15, 0.2) is 36.4 Å². The highest BCUT2D eigenvalue weighted by atomic mass is 16.7. The van der Waals surface area contributed by atoms with Crippen LogP contribution in [-0.2, 0) is 9.47 Å². The van der Waals surface area contributed by atoms with Crippen LogP contribution in [0.3, 0.4) is 0 Å². The Balaban J connectivity index is 1.37. The van der Waals surface area contributed by atoms with Gasteiger partial charge in [-0.2, -0.15) is 0 Å². The molecule has 1 aromatic carbocycles. The number of allylic oxidation sites excluding steroid dienone is 1. The number of hydrogen-bond donors (Lipinski definition) is 0. The first kappa shape index (κ1) is 19.4. The third kappa shape index (κ3) is 5.85. The molecule has 2 fully saturated rings. The standard InChI is InChI=1S/C23H34O3/c1-3-5-19-7-9-20(10-8-19)6-4-15-24-22-13-11-21(12-14-22)23-25-16-18(2)17-26-23/h4,6,11-14,18-20,23H,3,5,7-10,15-17H2,1-2H3/b6-4+/t18-,19-,20-,23-. The van der Waals surface area contributed by atoms with Crippen LogP contribution in [0, 0.1) is 17.8 Å². The monoisotopic (exact) mass is 358 g/mol. The Morgan fingerprint density at radius 2 is 1.73 bits per heavy atom. The minimum Gasteiger partial charge on any atom is -0.490 e. The summed E-state index contributed by atoms with van der Waals surface area (Å²) in [6.45, 7) is 6.59. The lowest BCUT2D eigenvalue weighted by molar-refractivity contribution is -0.202. The fourth-order valence-corrected chi connectivity index (χ4v) is 3.98. The Labute approximate surface area is 158 Å². The van der Waals surface area contributed by atoms with Gasteiger partial charge < -0.3 is 14.2 Å². The van der Waals surface area contributed by atoms with E-state index in [-0.39, 0.29) is 6.29 Å². The predicted octanol–water partition coefficient (Wildman–Crippen LogP) is 5.91. The summed E-state index contributed by atoms with van der Waals surface area (Å²) < 4.78 is 17.3. The molecule has 3 nitrogen and oxygen atoms in total. The van der Waals surface area contributed by atoms with Crippen molar-refractivity contribution in [2.75, 3.05) is 19.8 Å². The Bertz CT molecular complexity index is 535. The maximum atomic E-state index is 5.85. The highest BCUT2D eigenvalue weighted by Gasteiger charge is 2.21. The van der Waals surface area contributed by atoms with Gasteiger partial charge in [-0.25, -0.2) is 0 Å². The predicted molar refractivity (Wildman–Crippen MR) is 105 cm³/mol. The second-order valence-electron chi connectivity index (χ2n) is 7.98. The van der Waals surface area contributed by atoms with Crippen LogP contribution in [0.2, 0.25) is 0 Å². The summed E-state index contributed by atoms with van der Waals surface area (Å²) in [5.74, 6) is 3.09. The van der Waals surface area contributed by atoms with E-state index in [1.54, 1.807) is 0 Å². The van der Waals surface area contributed by atoms with Crippen molar-refractivity contribution in [2.45, 2.75) is 58.7 Å². The first-order chi connectivity index (χ1) is 12.7. The van der Waals surface area contributed by atoms with E-state index in [2.05, 4.69) is 26.0 Å². The van der Waals surface area contributed by atoms with Crippen LogP contribution >= 0.6 is 0 Å². The van der Waals surface area contributed by atoms with Gasteiger partial charge >= 0.3 is 0 Å². The van der Waals surface area contributed by atoms with Gasteiger partial charge in [0.25, 0.3) is 0 Å². The molecule has 3 rings (SSSR count). The van der Waals surface area contributed by atoms with Gasteiger partial charge in [0.05, 0.1) is 13.2 Å². The number of hydrogen-bond acceptors (Lipinski definition) is 3. The van der Waals surface area contributed by atoms with Gasteiger partial charge in [-0.15, -0.1) is 0 Å². The largest absolute Gasteiger partial charge is 0.490 e. The van der Waals surface area contributed by atoms with E-state index in [0.717, 1.165) is 36.4 Å². The van der Waals surface area contributed by atoms with Crippen LogP contribution in [0.4, 0.5) is 0 Å². The van der Waals surface area contributed by atoms with Crippen molar-refractivity contribution in [3.63, 3.8) is 0 Å². The molecule has 1 aliphatic heterocycles. The zero-order chi connectivity index (χ0) is 18.2. The molecule has 0 bridgehead atoms. The average Bonchev–Trinajstić information content (AvgIpc) is 2.68. The zero-order valence-electron chi connectivity index (χ0n) is 16.4. The summed E-state index contributed by atoms with van der Waals surface area (Å²) in [4.78, 5) is 0. The Hall–Kier alpha value is -1.32. The minimum atomic E-state index is -0.233. The van der Waals surface area contributed by atoms with E-state index in [9.17, 15) is 0 Å². The summed E-state index contributed by atoms with van der Waals surface area (Å²) >= 11 is 0. The van der Waals surface area contributed by atoms with Crippen molar-refractivity contribution in [1.29, 1.82) is 0 Å². The van der Waals surface area contributed by atoms with Crippen molar-refractivity contribution >= 4 is 0 Å². The van der Waals surface area contributed by atoms with E-state index in [1.165, 1.54) is 38.5 Å². The van der Waals surface area contributed by atoms with Crippen LogP contribution in [0.1, 0.15) is 64.2 Å². The maximum absolute atomic E-state index is 5.85. The lowest BCUT2D eigenvalue weighted by Crippen LogP contribution is -2.24. The molecular formula is C23H34O3. The van der Waals surface area contributed by atoms with Crippen LogP contribution < -0.4 is 4.74 Å². The molecule has 26 heavy (non-hydrogen) atoms. The van der Waals surface area contributed by atoms with Gasteiger partial charge in [0.1, 0.15) is 12.4 Å². The molecule has 3 heteroatoms. The van der Waals surface area contributed by atoms with E-state index >= 15 is 0 Å². The van der Waals surface area contributed by atoms with Crippen molar-refractivity contribution < 1.29 is 14.2 Å². The SMILES string of the molecule is CCC[C@H]1CC[C@H](/C=C/COc2ccc([C@H]3OC[C@H](C)CO3)cc2)CC1. The van der Waals surface area contributed by atoms with Crippen molar-refractivity contribution in [3.05, 3.63) is 42.0 Å². The molecule has 1 heterocycles. The van der Waals surface area contributed by atoms with Crippen LogP contribution in [0.25, 0.3) is 0 Å². The maximum Gasteiger partial charge on any atom is 0.183 e. The molecule has 0 unspecified atom stereocenters. The Kier molecular flexibility index (Phi) is 7.57. The van der Waals surface area contributed by atoms with Crippen LogP contribution in [-0.4, -0.2) is 19.8 Å². The minimum absolute atomic E-state index is 0.233. The topological polar surface area (TPSA) is 27.7 Å². The molecule has 0 aromatic heterocycles. The molecule has 0 amide bonds. The fraction of sp³-hybridized carbons (Fsp3) is 0.652. The molecular weight excluding hydrogens is 324 g/mol. The third-order valence-electron chi connectivity index (χ3n) is 5.56. The van der Waals surface area contributed by atoms with Crippen molar-refractivity contribution in [2.24, 2.45) is 17.8 Å². The normalized spacial score (nSPS) is 29.8. The van der Waals surface area contributed by atoms with Gasteiger partial charge in [0.15, 0.2) is 6.29 Å². The van der Waals surface area contributed by atoms with Gasteiger partial charge in [-0.3, -0.25) is 0 Å². The lowest BCUT2D eigenvalue weighted by Gasteiger charge is -2.27. The van der Waals surface area contributed by atoms with Crippen molar-refractivity contribution in [1.82, 2.24) is 0 Å². The molecule has 0 atom stereocenters. The summed E-state index contributed by atoms with van der Waals surface area (Å²) in [6, 6.07) is 8.08. The first-order valence-corrected chi connectivity index (χ1v) is 10.4. The fourth-order valence-electron chi connectivity index (χ4n) is 3.98. The Morgan fingerprint density at radius 3 is 2.38 bits per heavy atom. The van der Waals surface area contributed by atoms with E-state index in [1.807, 2.05) is 24.3 Å². The highest BCUT2D eigenvalue weighted by Crippen LogP contribution is 2.32. The third-order valence-corrected chi connectivity index (χ3v) is 5.56. The molecule has 1 saturated carbocycles. The van der Waals surface area contributed by atoms with E-state index in [0.29, 0.717) is 12.5 Å². The highest BCUT2D eigenvalue weighted by molar-refractivity contribution is 5.28. The summed E-state index contributed by atoms with van der Waals surface area (Å²) in [5.41, 5.74) is 1.06. The second-order valence-corrected chi connectivity index (χ2v) is 7.98. The Morgan fingerprint density at radius 1 is 1.04 bits per heavy atom. The van der Waals surface area contributed by atoms with E-state index < -0.39 is 0 Å². The number of ether oxygens (including phenoxy) is 3. The number of benzene rings is 1. The van der Waals surface area contributed by atoms with Gasteiger partial charge in [0, 0.05) is 11.5 Å². The molecule has 0 spiro atoms. The quantitative estimate of drug-likeness (QED) is 0.567. The molecule has 144 valence electrons.